The van der Waals surface area contributed by atoms with Crippen LogP contribution in [-0.2, 0) is 12.7 Å². The van der Waals surface area contributed by atoms with Crippen molar-refractivity contribution in [3.05, 3.63) is 64.1 Å². The van der Waals surface area contributed by atoms with Crippen LogP contribution in [0.2, 0.25) is 0 Å². The predicted molar refractivity (Wildman–Crippen MR) is 86.0 cm³/mol. The number of halogens is 5. The highest BCUT2D eigenvalue weighted by molar-refractivity contribution is 9.10. The summed E-state index contributed by atoms with van der Waals surface area (Å²) in [5.74, 6) is -1.52. The summed E-state index contributed by atoms with van der Waals surface area (Å²) in [6.45, 7) is 0.205. The normalized spacial score (nSPS) is 11.7. The Balaban J connectivity index is 2.00. The maximum absolute atomic E-state index is 13.0. The number of alkyl halides is 3. The van der Waals surface area contributed by atoms with Gasteiger partial charge in [0, 0.05) is 16.4 Å². The fourth-order valence-corrected chi connectivity index (χ4v) is 2.51. The molecule has 0 saturated carbocycles. The number of rotatable bonds is 3. The second-order valence-corrected chi connectivity index (χ2v) is 5.95. The van der Waals surface area contributed by atoms with Gasteiger partial charge in [0.2, 0.25) is 5.82 Å². The highest BCUT2D eigenvalue weighted by Crippen LogP contribution is 2.31. The van der Waals surface area contributed by atoms with E-state index < -0.39 is 12.0 Å². The Hall–Kier alpha value is -2.22. The van der Waals surface area contributed by atoms with Crippen LogP contribution in [-0.4, -0.2) is 9.97 Å². The van der Waals surface area contributed by atoms with E-state index in [-0.39, 0.29) is 23.7 Å². The molecule has 1 aromatic heterocycles. The molecule has 0 amide bonds. The first-order valence-electron chi connectivity index (χ1n) is 6.86. The monoisotopic (exact) mass is 399 g/mol. The van der Waals surface area contributed by atoms with Crippen LogP contribution >= 0.6 is 15.9 Å². The van der Waals surface area contributed by atoms with Crippen molar-refractivity contribution in [1.29, 1.82) is 0 Å². The molecule has 0 unspecified atom stereocenters. The lowest BCUT2D eigenvalue weighted by atomic mass is 10.2. The van der Waals surface area contributed by atoms with Gasteiger partial charge >= 0.3 is 6.18 Å². The number of nitrogens with one attached hydrogen (secondary N) is 1. The average molecular weight is 400 g/mol. The summed E-state index contributed by atoms with van der Waals surface area (Å²) in [6, 6.07) is 10.4. The van der Waals surface area contributed by atoms with Crippen molar-refractivity contribution in [2.75, 3.05) is 5.32 Å². The van der Waals surface area contributed by atoms with E-state index in [0.717, 1.165) is 0 Å². The van der Waals surface area contributed by atoms with Crippen LogP contribution in [0, 0.1) is 5.82 Å². The number of fused-ring (bicyclic) bond motifs is 1. The Morgan fingerprint density at radius 2 is 1.71 bits per heavy atom. The summed E-state index contributed by atoms with van der Waals surface area (Å²) in [7, 11) is 0. The minimum Gasteiger partial charge on any atom is -0.365 e. The van der Waals surface area contributed by atoms with E-state index in [2.05, 4.69) is 31.2 Å². The molecule has 1 heterocycles. The zero-order valence-electron chi connectivity index (χ0n) is 12.0. The molecule has 0 atom stereocenters. The van der Waals surface area contributed by atoms with E-state index in [9.17, 15) is 17.6 Å². The quantitative estimate of drug-likeness (QED) is 0.617. The van der Waals surface area contributed by atoms with E-state index in [1.54, 1.807) is 24.3 Å². The minimum absolute atomic E-state index is 0.0675. The van der Waals surface area contributed by atoms with Crippen LogP contribution < -0.4 is 5.32 Å². The van der Waals surface area contributed by atoms with Gasteiger partial charge < -0.3 is 5.32 Å². The molecule has 0 saturated heterocycles. The molecule has 0 aliphatic carbocycles. The summed E-state index contributed by atoms with van der Waals surface area (Å²) in [5.41, 5.74) is 0.897. The van der Waals surface area contributed by atoms with Crippen molar-refractivity contribution in [2.24, 2.45) is 0 Å². The van der Waals surface area contributed by atoms with Crippen molar-refractivity contribution in [3.63, 3.8) is 0 Å². The molecule has 0 aliphatic rings. The highest BCUT2D eigenvalue weighted by atomic mass is 79.9. The van der Waals surface area contributed by atoms with Crippen molar-refractivity contribution in [3.8, 4) is 0 Å². The molecular weight excluding hydrogens is 390 g/mol. The molecule has 0 fully saturated rings. The average Bonchev–Trinajstić information content (AvgIpc) is 2.53. The lowest BCUT2D eigenvalue weighted by molar-refractivity contribution is -0.144. The van der Waals surface area contributed by atoms with Crippen molar-refractivity contribution >= 4 is 32.7 Å². The van der Waals surface area contributed by atoms with E-state index in [4.69, 9.17) is 0 Å². The maximum Gasteiger partial charge on any atom is 0.451 e. The van der Waals surface area contributed by atoms with Gasteiger partial charge in [0.1, 0.15) is 11.6 Å². The molecule has 24 heavy (non-hydrogen) atoms. The summed E-state index contributed by atoms with van der Waals surface area (Å²) < 4.78 is 52.5. The van der Waals surface area contributed by atoms with Gasteiger partial charge in [-0.3, -0.25) is 0 Å². The molecule has 3 nitrogen and oxygen atoms in total. The van der Waals surface area contributed by atoms with Crippen LogP contribution in [0.4, 0.5) is 23.4 Å². The molecule has 0 spiro atoms. The Morgan fingerprint density at radius 3 is 2.38 bits per heavy atom. The Morgan fingerprint density at radius 1 is 1.00 bits per heavy atom. The van der Waals surface area contributed by atoms with E-state index in [1.165, 1.54) is 18.2 Å². The Bertz CT molecular complexity index is 879. The largest absolute Gasteiger partial charge is 0.451 e. The first-order valence-corrected chi connectivity index (χ1v) is 7.65. The fraction of sp³-hybridized carbons (Fsp3) is 0.125. The van der Waals surface area contributed by atoms with Crippen LogP contribution in [0.5, 0.6) is 0 Å². The van der Waals surface area contributed by atoms with Crippen LogP contribution in [0.25, 0.3) is 10.9 Å². The number of anilines is 1. The predicted octanol–water partition coefficient (Wildman–Crippen LogP) is 5.16. The van der Waals surface area contributed by atoms with Crippen molar-refractivity contribution in [2.45, 2.75) is 12.7 Å². The van der Waals surface area contributed by atoms with E-state index in [1.807, 2.05) is 0 Å². The zero-order valence-corrected chi connectivity index (χ0v) is 13.6. The van der Waals surface area contributed by atoms with Gasteiger partial charge in [-0.25, -0.2) is 14.4 Å². The SMILES string of the molecule is Fc1ccc(CNc2nc(C(F)(F)F)nc3ccc(Br)cc23)cc1. The molecule has 3 rings (SSSR count). The Kier molecular flexibility index (Phi) is 4.40. The van der Waals surface area contributed by atoms with Crippen LogP contribution in [0.15, 0.2) is 46.9 Å². The van der Waals surface area contributed by atoms with Gasteiger partial charge in [-0.1, -0.05) is 28.1 Å². The third kappa shape index (κ3) is 3.64. The maximum atomic E-state index is 13.0. The molecule has 1 N–H and O–H groups in total. The third-order valence-corrected chi connectivity index (χ3v) is 3.78. The number of benzene rings is 2. The molecule has 3 aromatic rings. The number of hydrogen-bond donors (Lipinski definition) is 1. The second-order valence-electron chi connectivity index (χ2n) is 5.04. The minimum atomic E-state index is -4.65. The number of hydrogen-bond acceptors (Lipinski definition) is 3. The second kappa shape index (κ2) is 6.35. The zero-order chi connectivity index (χ0) is 17.3. The lowest BCUT2D eigenvalue weighted by Crippen LogP contribution is -2.13. The standard InChI is InChI=1S/C16H10BrF4N3/c17-10-3-6-13-12(7-10)14(24-15(23-13)16(19,20)21)22-8-9-1-4-11(18)5-2-9/h1-7H,8H2,(H,22,23,24). The Labute approximate surface area is 142 Å². The molecule has 0 bridgehead atoms. The first kappa shape index (κ1) is 16.6. The van der Waals surface area contributed by atoms with Crippen molar-refractivity contribution in [1.82, 2.24) is 9.97 Å². The summed E-state index contributed by atoms with van der Waals surface area (Å²) in [5, 5.41) is 3.33. The first-order chi connectivity index (χ1) is 11.3. The third-order valence-electron chi connectivity index (χ3n) is 3.28. The molecule has 0 aliphatic heterocycles. The smallest absolute Gasteiger partial charge is 0.365 e. The fourth-order valence-electron chi connectivity index (χ4n) is 2.15. The van der Waals surface area contributed by atoms with Gasteiger partial charge in [-0.05, 0) is 35.9 Å². The molecular formula is C16H10BrF4N3. The van der Waals surface area contributed by atoms with Crippen LogP contribution in [0.1, 0.15) is 11.4 Å². The highest BCUT2D eigenvalue weighted by Gasteiger charge is 2.35. The van der Waals surface area contributed by atoms with Gasteiger partial charge in [-0.2, -0.15) is 13.2 Å². The van der Waals surface area contributed by atoms with Gasteiger partial charge in [0.15, 0.2) is 0 Å². The number of nitrogens with zero attached hydrogens (tertiary/aromatic N) is 2. The molecule has 8 heteroatoms. The van der Waals surface area contributed by atoms with Gasteiger partial charge in [-0.15, -0.1) is 0 Å². The molecule has 2 aromatic carbocycles. The summed E-state index contributed by atoms with van der Waals surface area (Å²) >= 11 is 3.28. The van der Waals surface area contributed by atoms with E-state index >= 15 is 0 Å². The topological polar surface area (TPSA) is 37.8 Å². The summed E-state index contributed by atoms with van der Waals surface area (Å²) in [6.07, 6.45) is -4.65. The van der Waals surface area contributed by atoms with Crippen molar-refractivity contribution < 1.29 is 17.6 Å². The van der Waals surface area contributed by atoms with Gasteiger partial charge in [0.05, 0.1) is 5.52 Å². The van der Waals surface area contributed by atoms with Gasteiger partial charge in [0.25, 0.3) is 0 Å². The lowest BCUT2D eigenvalue weighted by Gasteiger charge is -2.12. The van der Waals surface area contributed by atoms with E-state index in [0.29, 0.717) is 15.4 Å². The summed E-state index contributed by atoms with van der Waals surface area (Å²) in [4.78, 5) is 7.17. The number of aromatic nitrogens is 2. The van der Waals surface area contributed by atoms with Crippen LogP contribution in [0.3, 0.4) is 0 Å². The molecule has 124 valence electrons. The molecule has 0 radical (unpaired) electrons.